The van der Waals surface area contributed by atoms with Crippen molar-refractivity contribution in [2.75, 3.05) is 13.2 Å². The molecule has 1 atom stereocenters. The van der Waals surface area contributed by atoms with Crippen LogP contribution in [0.1, 0.15) is 432 Å². The third-order valence-corrected chi connectivity index (χ3v) is 17.5. The van der Waals surface area contributed by atoms with Gasteiger partial charge in [0.1, 0.15) is 13.2 Å². The summed E-state index contributed by atoms with van der Waals surface area (Å²) in [5, 5.41) is 0. The van der Waals surface area contributed by atoms with Gasteiger partial charge in [-0.15, -0.1) is 0 Å². The number of hydrogen-bond donors (Lipinski definition) is 0. The molecule has 0 heterocycles. The van der Waals surface area contributed by atoms with Crippen LogP contribution in [0.5, 0.6) is 0 Å². The van der Waals surface area contributed by atoms with E-state index in [4.69, 9.17) is 14.2 Å². The number of allylic oxidation sites excluding steroid dienone is 4. The number of rotatable bonds is 71. The molecule has 0 aromatic heterocycles. The van der Waals surface area contributed by atoms with Crippen molar-refractivity contribution in [2.24, 2.45) is 0 Å². The smallest absolute Gasteiger partial charge is 0.306 e. The van der Waals surface area contributed by atoms with Crippen LogP contribution in [0.2, 0.25) is 0 Å². The van der Waals surface area contributed by atoms with Crippen molar-refractivity contribution in [3.63, 3.8) is 0 Å². The van der Waals surface area contributed by atoms with Gasteiger partial charge in [0.2, 0.25) is 0 Å². The second-order valence-electron chi connectivity index (χ2n) is 25.9. The van der Waals surface area contributed by atoms with E-state index in [1.807, 2.05) is 0 Å². The summed E-state index contributed by atoms with van der Waals surface area (Å²) in [7, 11) is 0. The van der Waals surface area contributed by atoms with Gasteiger partial charge in [0, 0.05) is 19.3 Å². The van der Waals surface area contributed by atoms with Crippen LogP contribution in [0.15, 0.2) is 24.3 Å². The van der Waals surface area contributed by atoms with E-state index in [0.29, 0.717) is 19.3 Å². The molecule has 1 unspecified atom stereocenters. The van der Waals surface area contributed by atoms with Gasteiger partial charge in [-0.3, -0.25) is 14.4 Å². The van der Waals surface area contributed by atoms with Gasteiger partial charge in [-0.25, -0.2) is 0 Å². The Bertz CT molecular complexity index is 1340. The van der Waals surface area contributed by atoms with E-state index in [-0.39, 0.29) is 31.1 Å². The SMILES string of the molecule is CCCCCCC/C=C\C/C=C\CCCCCCCCCCCCCCCC(=O)OC(COC(=O)CCCCCCCC)COC(=O)CCCCCCCCCCCCCCCCCCCCCCCCCCCCCCCCCCCC. The standard InChI is InChI=1S/C77H146O6/c1-4-7-10-13-16-18-20-22-24-26-28-30-32-34-35-36-37-38-39-40-41-42-44-45-47-49-51-53-55-57-59-61-64-67-70-76(79)82-73-74(72-81-75(78)69-66-63-15-12-9-6-3)83-77(80)71-68-65-62-60-58-56-54-52-50-48-46-43-33-31-29-27-25-23-21-19-17-14-11-8-5-2/h21,23,27,29,74H,4-20,22,24-26,28,30-73H2,1-3H3/b23-21-,29-27-. The van der Waals surface area contributed by atoms with Gasteiger partial charge in [0.15, 0.2) is 6.10 Å². The van der Waals surface area contributed by atoms with Crippen LogP contribution in [-0.2, 0) is 28.6 Å². The van der Waals surface area contributed by atoms with E-state index in [2.05, 4.69) is 45.1 Å². The van der Waals surface area contributed by atoms with Crippen LogP contribution in [0.25, 0.3) is 0 Å². The van der Waals surface area contributed by atoms with E-state index in [1.54, 1.807) is 0 Å². The van der Waals surface area contributed by atoms with E-state index >= 15 is 0 Å². The molecule has 0 saturated carbocycles. The van der Waals surface area contributed by atoms with Crippen LogP contribution in [-0.4, -0.2) is 37.2 Å². The maximum atomic E-state index is 12.9. The Balaban J connectivity index is 3.90. The molecular formula is C77H146O6. The Kier molecular flexibility index (Phi) is 70.5. The van der Waals surface area contributed by atoms with Crippen LogP contribution in [0.4, 0.5) is 0 Å². The lowest BCUT2D eigenvalue weighted by atomic mass is 10.0. The lowest BCUT2D eigenvalue weighted by Crippen LogP contribution is -2.30. The fourth-order valence-electron chi connectivity index (χ4n) is 11.8. The fourth-order valence-corrected chi connectivity index (χ4v) is 11.8. The second kappa shape index (κ2) is 72.4. The lowest BCUT2D eigenvalue weighted by Gasteiger charge is -2.18. The largest absolute Gasteiger partial charge is 0.462 e. The van der Waals surface area contributed by atoms with Gasteiger partial charge < -0.3 is 14.2 Å². The van der Waals surface area contributed by atoms with Crippen molar-refractivity contribution >= 4 is 17.9 Å². The summed E-state index contributed by atoms with van der Waals surface area (Å²) < 4.78 is 16.9. The summed E-state index contributed by atoms with van der Waals surface area (Å²) in [4.78, 5) is 38.1. The van der Waals surface area contributed by atoms with Crippen LogP contribution in [0.3, 0.4) is 0 Å². The predicted octanol–water partition coefficient (Wildman–Crippen LogP) is 26.1. The Labute approximate surface area is 519 Å². The predicted molar refractivity (Wildman–Crippen MR) is 363 cm³/mol. The first kappa shape index (κ1) is 80.9. The van der Waals surface area contributed by atoms with Gasteiger partial charge in [-0.2, -0.15) is 0 Å². The molecule has 0 aromatic carbocycles. The minimum Gasteiger partial charge on any atom is -0.462 e. The van der Waals surface area contributed by atoms with Crippen molar-refractivity contribution in [1.82, 2.24) is 0 Å². The highest BCUT2D eigenvalue weighted by Crippen LogP contribution is 2.20. The van der Waals surface area contributed by atoms with Crippen molar-refractivity contribution in [1.29, 1.82) is 0 Å². The highest BCUT2D eigenvalue weighted by molar-refractivity contribution is 5.71. The Morgan fingerprint density at radius 1 is 0.241 bits per heavy atom. The normalized spacial score (nSPS) is 12.1. The number of hydrogen-bond acceptors (Lipinski definition) is 6. The summed E-state index contributed by atoms with van der Waals surface area (Å²) in [6.45, 7) is 6.65. The molecule has 0 aliphatic carbocycles. The minimum atomic E-state index is -0.766. The molecule has 0 aliphatic heterocycles. The number of carbonyl (C=O) groups excluding carboxylic acids is 3. The molecule has 0 N–H and O–H groups in total. The molecule has 0 saturated heterocycles. The molecule has 83 heavy (non-hydrogen) atoms. The van der Waals surface area contributed by atoms with Crippen molar-refractivity contribution in [3.05, 3.63) is 24.3 Å². The zero-order valence-corrected chi connectivity index (χ0v) is 56.5. The molecule has 0 radical (unpaired) electrons. The number of carbonyl (C=O) groups is 3. The third kappa shape index (κ3) is 70.5. The number of ether oxygens (including phenoxy) is 3. The monoisotopic (exact) mass is 1170 g/mol. The van der Waals surface area contributed by atoms with E-state index in [1.165, 1.54) is 327 Å². The first-order valence-corrected chi connectivity index (χ1v) is 37.8. The Morgan fingerprint density at radius 2 is 0.434 bits per heavy atom. The molecule has 0 rings (SSSR count). The maximum absolute atomic E-state index is 12.9. The second-order valence-corrected chi connectivity index (χ2v) is 25.9. The van der Waals surface area contributed by atoms with Gasteiger partial charge >= 0.3 is 17.9 Å². The average molecular weight is 1170 g/mol. The van der Waals surface area contributed by atoms with Crippen molar-refractivity contribution < 1.29 is 28.6 Å². The Morgan fingerprint density at radius 3 is 0.663 bits per heavy atom. The summed E-state index contributed by atoms with van der Waals surface area (Å²) in [5.41, 5.74) is 0. The minimum absolute atomic E-state index is 0.0657. The van der Waals surface area contributed by atoms with Crippen LogP contribution >= 0.6 is 0 Å². The van der Waals surface area contributed by atoms with Gasteiger partial charge in [0.05, 0.1) is 0 Å². The zero-order chi connectivity index (χ0) is 59.9. The van der Waals surface area contributed by atoms with E-state index in [9.17, 15) is 14.4 Å². The molecule has 0 aliphatic rings. The summed E-state index contributed by atoms with van der Waals surface area (Å²) >= 11 is 0. The Hall–Kier alpha value is -2.11. The van der Waals surface area contributed by atoms with Crippen LogP contribution in [0, 0.1) is 0 Å². The molecule has 0 amide bonds. The zero-order valence-electron chi connectivity index (χ0n) is 56.5. The first-order chi connectivity index (χ1) is 41.0. The van der Waals surface area contributed by atoms with Crippen LogP contribution < -0.4 is 0 Å². The van der Waals surface area contributed by atoms with E-state index < -0.39 is 6.10 Å². The molecule has 0 aromatic rings. The average Bonchev–Trinajstić information content (AvgIpc) is 3.48. The lowest BCUT2D eigenvalue weighted by molar-refractivity contribution is -0.167. The fraction of sp³-hybridized carbons (Fsp3) is 0.909. The molecule has 0 spiro atoms. The third-order valence-electron chi connectivity index (χ3n) is 17.5. The summed E-state index contributed by atoms with van der Waals surface area (Å²) in [6, 6.07) is 0. The quantitative estimate of drug-likeness (QED) is 0.0261. The highest BCUT2D eigenvalue weighted by atomic mass is 16.6. The molecule has 6 heteroatoms. The van der Waals surface area contributed by atoms with E-state index in [0.717, 1.165) is 64.2 Å². The molecule has 490 valence electrons. The van der Waals surface area contributed by atoms with Crippen molar-refractivity contribution in [3.8, 4) is 0 Å². The molecule has 0 fully saturated rings. The topological polar surface area (TPSA) is 78.9 Å². The van der Waals surface area contributed by atoms with Gasteiger partial charge in [-0.1, -0.05) is 385 Å². The summed E-state index contributed by atoms with van der Waals surface area (Å²) in [5.74, 6) is -0.847. The molecule has 6 nitrogen and oxygen atoms in total. The number of unbranched alkanes of at least 4 members (excludes halogenated alkanes) is 56. The number of esters is 3. The summed E-state index contributed by atoms with van der Waals surface area (Å²) in [6.07, 6.45) is 90.0. The molecule has 0 bridgehead atoms. The maximum Gasteiger partial charge on any atom is 0.306 e. The first-order valence-electron chi connectivity index (χ1n) is 37.8. The van der Waals surface area contributed by atoms with Gasteiger partial charge in [0.25, 0.3) is 0 Å². The molecular weight excluding hydrogens is 1020 g/mol. The van der Waals surface area contributed by atoms with Gasteiger partial charge in [-0.05, 0) is 51.4 Å². The van der Waals surface area contributed by atoms with Crippen molar-refractivity contribution in [2.45, 2.75) is 438 Å². The highest BCUT2D eigenvalue weighted by Gasteiger charge is 2.20.